The van der Waals surface area contributed by atoms with E-state index in [-0.39, 0.29) is 6.42 Å². The second-order valence-electron chi connectivity index (χ2n) is 2.64. The average molecular weight is 199 g/mol. The molecule has 0 aromatic carbocycles. The van der Waals surface area contributed by atoms with Crippen molar-refractivity contribution >= 4 is 5.97 Å². The normalized spacial score (nSPS) is 9.86. The Morgan fingerprint density at radius 2 is 2.43 bits per heavy atom. The van der Waals surface area contributed by atoms with Gasteiger partial charge < -0.3 is 9.84 Å². The Hall–Kier alpha value is -1.65. The molecular weight excluding hydrogens is 189 g/mol. The molecule has 1 rings (SSSR count). The largest absolute Gasteiger partial charge is 0.504 e. The molecule has 0 bridgehead atoms. The third-order valence-electron chi connectivity index (χ3n) is 1.53. The molecule has 0 saturated carbocycles. The average Bonchev–Trinajstić information content (AvgIpc) is 2.12. The Morgan fingerprint density at radius 3 is 3.00 bits per heavy atom. The summed E-state index contributed by atoms with van der Waals surface area (Å²) in [4.78, 5) is 14.3. The Morgan fingerprint density at radius 1 is 1.71 bits per heavy atom. The van der Waals surface area contributed by atoms with Crippen molar-refractivity contribution in [2.45, 2.75) is 13.3 Å². The van der Waals surface area contributed by atoms with E-state index in [9.17, 15) is 9.18 Å². The monoisotopic (exact) mass is 199 g/mol. The maximum Gasteiger partial charge on any atom is 0.310 e. The van der Waals surface area contributed by atoms with Crippen molar-refractivity contribution in [3.63, 3.8) is 0 Å². The number of hydrogen-bond donors (Lipinski definition) is 1. The molecule has 0 aliphatic rings. The standard InChI is InChI=1S/C9H10FNO3/c1-2-14-8(13)4-6-3-7(12)9(10)11-5-6/h3,5,12H,2,4H2,1H3. The first kappa shape index (κ1) is 10.4. The van der Waals surface area contributed by atoms with Crippen molar-refractivity contribution in [2.24, 2.45) is 0 Å². The van der Waals surface area contributed by atoms with Crippen LogP contribution in [0.15, 0.2) is 12.3 Å². The van der Waals surface area contributed by atoms with E-state index in [0.29, 0.717) is 12.2 Å². The van der Waals surface area contributed by atoms with Crippen LogP contribution in [0.2, 0.25) is 0 Å². The molecule has 1 aromatic heterocycles. The molecule has 1 aromatic rings. The minimum atomic E-state index is -0.947. The first-order chi connectivity index (χ1) is 6.63. The van der Waals surface area contributed by atoms with Crippen LogP contribution in [-0.4, -0.2) is 22.7 Å². The zero-order valence-electron chi connectivity index (χ0n) is 7.66. The van der Waals surface area contributed by atoms with E-state index < -0.39 is 17.7 Å². The summed E-state index contributed by atoms with van der Waals surface area (Å²) in [5, 5.41) is 8.95. The molecule has 1 N–H and O–H groups in total. The summed E-state index contributed by atoms with van der Waals surface area (Å²) < 4.78 is 17.2. The zero-order valence-corrected chi connectivity index (χ0v) is 7.66. The highest BCUT2D eigenvalue weighted by atomic mass is 19.1. The van der Waals surface area contributed by atoms with Crippen molar-refractivity contribution in [3.05, 3.63) is 23.8 Å². The van der Waals surface area contributed by atoms with Crippen molar-refractivity contribution in [2.75, 3.05) is 6.61 Å². The SMILES string of the molecule is CCOC(=O)Cc1cnc(F)c(O)c1. The van der Waals surface area contributed by atoms with Crippen LogP contribution >= 0.6 is 0 Å². The lowest BCUT2D eigenvalue weighted by molar-refractivity contribution is -0.142. The van der Waals surface area contributed by atoms with Gasteiger partial charge in [0.2, 0.25) is 0 Å². The van der Waals surface area contributed by atoms with Gasteiger partial charge in [-0.2, -0.15) is 4.39 Å². The lowest BCUT2D eigenvalue weighted by Gasteiger charge is -2.02. The molecule has 0 fully saturated rings. The van der Waals surface area contributed by atoms with Gasteiger partial charge in [-0.25, -0.2) is 4.98 Å². The number of aromatic hydroxyl groups is 1. The van der Waals surface area contributed by atoms with Crippen LogP contribution in [0.25, 0.3) is 0 Å². The van der Waals surface area contributed by atoms with Crippen molar-refractivity contribution in [3.8, 4) is 5.75 Å². The number of esters is 1. The molecule has 0 amide bonds. The predicted molar refractivity (Wildman–Crippen MR) is 46.2 cm³/mol. The highest BCUT2D eigenvalue weighted by Crippen LogP contribution is 2.14. The first-order valence-corrected chi connectivity index (χ1v) is 4.12. The molecule has 0 radical (unpaired) electrons. The van der Waals surface area contributed by atoms with Crippen LogP contribution in [0.4, 0.5) is 4.39 Å². The maximum atomic E-state index is 12.5. The van der Waals surface area contributed by atoms with Crippen molar-refractivity contribution in [1.82, 2.24) is 4.98 Å². The first-order valence-electron chi connectivity index (χ1n) is 4.12. The predicted octanol–water partition coefficient (Wildman–Crippen LogP) is 1.03. The van der Waals surface area contributed by atoms with E-state index in [1.807, 2.05) is 0 Å². The molecule has 4 nitrogen and oxygen atoms in total. The van der Waals surface area contributed by atoms with Crippen LogP contribution < -0.4 is 0 Å². The number of rotatable bonds is 3. The van der Waals surface area contributed by atoms with E-state index in [2.05, 4.69) is 9.72 Å². The third kappa shape index (κ3) is 2.69. The molecule has 0 atom stereocenters. The molecule has 0 spiro atoms. The lowest BCUT2D eigenvalue weighted by Crippen LogP contribution is -2.07. The number of carbonyl (C=O) groups excluding carboxylic acids is 1. The summed E-state index contributed by atoms with van der Waals surface area (Å²) in [5.41, 5.74) is 0.419. The van der Waals surface area contributed by atoms with Gasteiger partial charge in [-0.15, -0.1) is 0 Å². The van der Waals surface area contributed by atoms with Gasteiger partial charge in [-0.3, -0.25) is 4.79 Å². The number of carbonyl (C=O) groups is 1. The zero-order chi connectivity index (χ0) is 10.6. The Bertz CT molecular complexity index is 341. The molecule has 0 saturated heterocycles. The highest BCUT2D eigenvalue weighted by molar-refractivity contribution is 5.72. The van der Waals surface area contributed by atoms with Crippen LogP contribution in [0.5, 0.6) is 5.75 Å². The maximum absolute atomic E-state index is 12.5. The summed E-state index contributed by atoms with van der Waals surface area (Å²) in [6, 6.07) is 1.15. The second kappa shape index (κ2) is 4.55. The third-order valence-corrected chi connectivity index (χ3v) is 1.53. The van der Waals surface area contributed by atoms with Gasteiger partial charge in [-0.1, -0.05) is 0 Å². The second-order valence-corrected chi connectivity index (χ2v) is 2.64. The Kier molecular flexibility index (Phi) is 3.39. The quantitative estimate of drug-likeness (QED) is 0.583. The number of halogens is 1. The number of hydrogen-bond acceptors (Lipinski definition) is 4. The molecule has 0 aliphatic heterocycles. The van der Waals surface area contributed by atoms with E-state index in [4.69, 9.17) is 5.11 Å². The minimum Gasteiger partial charge on any atom is -0.504 e. The van der Waals surface area contributed by atoms with Crippen LogP contribution in [0, 0.1) is 5.95 Å². The summed E-state index contributed by atoms with van der Waals surface area (Å²) in [7, 11) is 0. The van der Waals surface area contributed by atoms with Gasteiger partial charge in [0.1, 0.15) is 0 Å². The minimum absolute atomic E-state index is 0.0192. The number of nitrogens with zero attached hydrogens (tertiary/aromatic N) is 1. The summed E-state index contributed by atoms with van der Waals surface area (Å²) in [5.74, 6) is -1.94. The van der Waals surface area contributed by atoms with Gasteiger partial charge >= 0.3 is 5.97 Å². The fraction of sp³-hybridized carbons (Fsp3) is 0.333. The summed E-state index contributed by atoms with van der Waals surface area (Å²) in [6.07, 6.45) is 1.17. The lowest BCUT2D eigenvalue weighted by atomic mass is 10.2. The van der Waals surface area contributed by atoms with Crippen molar-refractivity contribution < 1.29 is 19.0 Å². The van der Waals surface area contributed by atoms with E-state index in [1.165, 1.54) is 6.20 Å². The number of pyridine rings is 1. The fourth-order valence-electron chi connectivity index (χ4n) is 0.954. The molecular formula is C9H10FNO3. The van der Waals surface area contributed by atoms with Gasteiger partial charge in [0.05, 0.1) is 13.0 Å². The smallest absolute Gasteiger partial charge is 0.310 e. The Balaban J connectivity index is 2.68. The summed E-state index contributed by atoms with van der Waals surface area (Å²) >= 11 is 0. The van der Waals surface area contributed by atoms with Crippen LogP contribution in [0.3, 0.4) is 0 Å². The number of aromatic nitrogens is 1. The molecule has 0 unspecified atom stereocenters. The molecule has 14 heavy (non-hydrogen) atoms. The molecule has 76 valence electrons. The summed E-state index contributed by atoms with van der Waals surface area (Å²) in [6.45, 7) is 1.98. The topological polar surface area (TPSA) is 59.4 Å². The number of ether oxygens (including phenoxy) is 1. The van der Waals surface area contributed by atoms with Crippen LogP contribution in [-0.2, 0) is 16.0 Å². The molecule has 1 heterocycles. The molecule has 5 heteroatoms. The van der Waals surface area contributed by atoms with Gasteiger partial charge in [0, 0.05) is 6.20 Å². The Labute approximate surface area is 80.3 Å². The molecule has 0 aliphatic carbocycles. The fourth-order valence-corrected chi connectivity index (χ4v) is 0.954. The highest BCUT2D eigenvalue weighted by Gasteiger charge is 2.07. The van der Waals surface area contributed by atoms with Gasteiger partial charge in [0.25, 0.3) is 5.95 Å². The van der Waals surface area contributed by atoms with E-state index >= 15 is 0 Å². The van der Waals surface area contributed by atoms with Gasteiger partial charge in [0.15, 0.2) is 5.75 Å². The van der Waals surface area contributed by atoms with Gasteiger partial charge in [-0.05, 0) is 18.6 Å². The van der Waals surface area contributed by atoms with E-state index in [1.54, 1.807) is 6.92 Å². The van der Waals surface area contributed by atoms with Crippen molar-refractivity contribution in [1.29, 1.82) is 0 Å². The van der Waals surface area contributed by atoms with E-state index in [0.717, 1.165) is 6.07 Å². The van der Waals surface area contributed by atoms with Crippen LogP contribution in [0.1, 0.15) is 12.5 Å².